The predicted octanol–water partition coefficient (Wildman–Crippen LogP) is 3.29. The number of nitrogens with zero attached hydrogens (tertiary/aromatic N) is 2. The molecule has 0 amide bonds. The van der Waals surface area contributed by atoms with E-state index in [1.165, 1.54) is 43.2 Å². The number of nitrogens with two attached hydrogens (primary N) is 1. The van der Waals surface area contributed by atoms with Gasteiger partial charge >= 0.3 is 0 Å². The highest BCUT2D eigenvalue weighted by Crippen LogP contribution is 2.33. The van der Waals surface area contributed by atoms with Crippen molar-refractivity contribution in [2.75, 3.05) is 13.6 Å². The second-order valence-electron chi connectivity index (χ2n) is 6.23. The Kier molecular flexibility index (Phi) is 5.55. The highest BCUT2D eigenvalue weighted by atomic mass is 15.2. The first kappa shape index (κ1) is 15.5. The summed E-state index contributed by atoms with van der Waals surface area (Å²) in [7, 11) is 2.24. The lowest BCUT2D eigenvalue weighted by Gasteiger charge is -2.39. The molecule has 0 saturated heterocycles. The summed E-state index contributed by atoms with van der Waals surface area (Å²) in [5.74, 6) is 0.941. The van der Waals surface area contributed by atoms with Gasteiger partial charge in [0.1, 0.15) is 0 Å². The third kappa shape index (κ3) is 3.39. The fraction of sp³-hybridized carbons (Fsp3) is 0.706. The second kappa shape index (κ2) is 7.19. The van der Waals surface area contributed by atoms with Crippen LogP contribution in [0.1, 0.15) is 56.2 Å². The Morgan fingerprint density at radius 2 is 2.05 bits per heavy atom. The van der Waals surface area contributed by atoms with Gasteiger partial charge in [0.15, 0.2) is 0 Å². The van der Waals surface area contributed by atoms with Crippen molar-refractivity contribution < 1.29 is 0 Å². The van der Waals surface area contributed by atoms with E-state index < -0.39 is 0 Å². The van der Waals surface area contributed by atoms with E-state index in [4.69, 9.17) is 5.73 Å². The van der Waals surface area contributed by atoms with Crippen LogP contribution < -0.4 is 5.73 Å². The van der Waals surface area contributed by atoms with Gasteiger partial charge in [0, 0.05) is 31.0 Å². The van der Waals surface area contributed by atoms with Crippen LogP contribution in [0.25, 0.3) is 0 Å². The molecule has 1 aliphatic rings. The fourth-order valence-electron chi connectivity index (χ4n) is 3.55. The highest BCUT2D eigenvalue weighted by Gasteiger charge is 2.28. The summed E-state index contributed by atoms with van der Waals surface area (Å²) < 4.78 is 0. The lowest BCUT2D eigenvalue weighted by Crippen LogP contribution is -2.41. The number of hydrogen-bond donors (Lipinski definition) is 1. The first-order valence-electron chi connectivity index (χ1n) is 7.99. The summed E-state index contributed by atoms with van der Waals surface area (Å²) in [4.78, 5) is 6.78. The van der Waals surface area contributed by atoms with Crippen LogP contribution in [0.3, 0.4) is 0 Å². The lowest BCUT2D eigenvalue weighted by molar-refractivity contribution is 0.121. The molecule has 1 fully saturated rings. The van der Waals surface area contributed by atoms with Crippen LogP contribution in [0.4, 0.5) is 0 Å². The summed E-state index contributed by atoms with van der Waals surface area (Å²) in [5.41, 5.74) is 8.65. The second-order valence-corrected chi connectivity index (χ2v) is 6.23. The Hall–Kier alpha value is -0.930. The first-order valence-corrected chi connectivity index (χ1v) is 7.99. The van der Waals surface area contributed by atoms with Crippen molar-refractivity contribution in [3.8, 4) is 0 Å². The number of likely N-dealkylation sites (N-methyl/N-ethyl adjacent to an activating group) is 1. The van der Waals surface area contributed by atoms with Crippen LogP contribution in [0.5, 0.6) is 0 Å². The molecule has 0 radical (unpaired) electrons. The maximum Gasteiger partial charge on any atom is 0.0488 e. The molecule has 1 aromatic rings. The standard InChI is InChI=1S/C17H29N3/c1-4-14-5-7-15(8-6-14)20(3)17(11-18)16-12-19-10-9-13(16)2/h9-10,12,14-15,17H,4-8,11,18H2,1-3H3. The maximum atomic E-state index is 6.07. The van der Waals surface area contributed by atoms with Gasteiger partial charge in [0.2, 0.25) is 0 Å². The summed E-state index contributed by atoms with van der Waals surface area (Å²) in [6, 6.07) is 3.05. The SMILES string of the molecule is CCC1CCC(N(C)C(CN)c2cnccc2C)CC1. The largest absolute Gasteiger partial charge is 0.329 e. The number of aryl methyl sites for hydroxylation is 1. The van der Waals surface area contributed by atoms with Gasteiger partial charge in [0.05, 0.1) is 0 Å². The van der Waals surface area contributed by atoms with Gasteiger partial charge in [-0.3, -0.25) is 9.88 Å². The molecule has 1 atom stereocenters. The topological polar surface area (TPSA) is 42.1 Å². The van der Waals surface area contributed by atoms with E-state index in [1.54, 1.807) is 0 Å². The summed E-state index contributed by atoms with van der Waals surface area (Å²) in [6.07, 6.45) is 10.5. The molecule has 1 aliphatic carbocycles. The van der Waals surface area contributed by atoms with Gasteiger partial charge in [-0.1, -0.05) is 13.3 Å². The highest BCUT2D eigenvalue weighted by molar-refractivity contribution is 5.25. The van der Waals surface area contributed by atoms with Gasteiger partial charge < -0.3 is 5.73 Å². The van der Waals surface area contributed by atoms with Gasteiger partial charge in [-0.15, -0.1) is 0 Å². The third-order valence-electron chi connectivity index (χ3n) is 5.12. The molecule has 0 bridgehead atoms. The van der Waals surface area contributed by atoms with E-state index in [2.05, 4.69) is 36.8 Å². The summed E-state index contributed by atoms with van der Waals surface area (Å²) in [6.45, 7) is 5.13. The fourth-order valence-corrected chi connectivity index (χ4v) is 3.55. The van der Waals surface area contributed by atoms with Crippen LogP contribution in [0.2, 0.25) is 0 Å². The Labute approximate surface area is 123 Å². The van der Waals surface area contributed by atoms with Crippen molar-refractivity contribution in [1.82, 2.24) is 9.88 Å². The zero-order valence-electron chi connectivity index (χ0n) is 13.2. The number of pyridine rings is 1. The monoisotopic (exact) mass is 275 g/mol. The zero-order chi connectivity index (χ0) is 14.5. The van der Waals surface area contributed by atoms with Gasteiger partial charge in [-0.05, 0) is 62.8 Å². The Morgan fingerprint density at radius 1 is 1.35 bits per heavy atom. The molecule has 1 unspecified atom stereocenters. The quantitative estimate of drug-likeness (QED) is 0.896. The Bertz CT molecular complexity index is 410. The molecule has 112 valence electrons. The lowest BCUT2D eigenvalue weighted by atomic mass is 9.83. The van der Waals surface area contributed by atoms with Crippen molar-refractivity contribution in [2.24, 2.45) is 11.7 Å². The smallest absolute Gasteiger partial charge is 0.0488 e. The molecule has 0 spiro atoms. The first-order chi connectivity index (χ1) is 9.67. The van der Waals surface area contributed by atoms with E-state index in [0.717, 1.165) is 5.92 Å². The van der Waals surface area contributed by atoms with Crippen molar-refractivity contribution in [2.45, 2.75) is 58.0 Å². The average molecular weight is 275 g/mol. The van der Waals surface area contributed by atoms with Crippen LogP contribution in [-0.2, 0) is 0 Å². The number of aromatic nitrogens is 1. The Balaban J connectivity index is 2.06. The van der Waals surface area contributed by atoms with Crippen LogP contribution in [-0.4, -0.2) is 29.5 Å². The van der Waals surface area contributed by atoms with E-state index in [1.807, 2.05) is 12.4 Å². The molecule has 3 heteroatoms. The van der Waals surface area contributed by atoms with Crippen LogP contribution in [0.15, 0.2) is 18.5 Å². The van der Waals surface area contributed by atoms with E-state index >= 15 is 0 Å². The van der Waals surface area contributed by atoms with Crippen molar-refractivity contribution >= 4 is 0 Å². The molecule has 0 aromatic carbocycles. The molecule has 1 aromatic heterocycles. The number of hydrogen-bond acceptors (Lipinski definition) is 3. The van der Waals surface area contributed by atoms with Crippen LogP contribution >= 0.6 is 0 Å². The van der Waals surface area contributed by atoms with Gasteiger partial charge in [-0.2, -0.15) is 0 Å². The minimum absolute atomic E-state index is 0.298. The average Bonchev–Trinajstić information content (AvgIpc) is 2.50. The van der Waals surface area contributed by atoms with E-state index in [-0.39, 0.29) is 0 Å². The molecule has 2 N–H and O–H groups in total. The van der Waals surface area contributed by atoms with Crippen molar-refractivity contribution in [1.29, 1.82) is 0 Å². The normalized spacial score (nSPS) is 24.9. The molecule has 2 rings (SSSR count). The minimum atomic E-state index is 0.298. The summed E-state index contributed by atoms with van der Waals surface area (Å²) in [5, 5.41) is 0. The van der Waals surface area contributed by atoms with Gasteiger partial charge in [0.25, 0.3) is 0 Å². The van der Waals surface area contributed by atoms with Crippen LogP contribution in [0, 0.1) is 12.8 Å². The van der Waals surface area contributed by atoms with Gasteiger partial charge in [-0.25, -0.2) is 0 Å². The predicted molar refractivity (Wildman–Crippen MR) is 84.6 cm³/mol. The molecule has 20 heavy (non-hydrogen) atoms. The van der Waals surface area contributed by atoms with E-state index in [0.29, 0.717) is 18.6 Å². The number of rotatable bonds is 5. The molecular weight excluding hydrogens is 246 g/mol. The molecule has 0 aliphatic heterocycles. The molecular formula is C17H29N3. The van der Waals surface area contributed by atoms with E-state index in [9.17, 15) is 0 Å². The third-order valence-corrected chi connectivity index (χ3v) is 5.12. The van der Waals surface area contributed by atoms with Crippen molar-refractivity contribution in [3.05, 3.63) is 29.6 Å². The minimum Gasteiger partial charge on any atom is -0.329 e. The maximum absolute atomic E-state index is 6.07. The molecule has 1 saturated carbocycles. The zero-order valence-corrected chi connectivity index (χ0v) is 13.2. The Morgan fingerprint density at radius 3 is 2.60 bits per heavy atom. The summed E-state index contributed by atoms with van der Waals surface area (Å²) >= 11 is 0. The molecule has 1 heterocycles. The van der Waals surface area contributed by atoms with Crippen molar-refractivity contribution in [3.63, 3.8) is 0 Å². The molecule has 3 nitrogen and oxygen atoms in total.